The van der Waals surface area contributed by atoms with Gasteiger partial charge in [0, 0.05) is 30.6 Å². The number of nitrogens with zero attached hydrogens (tertiary/aromatic N) is 2. The molecule has 4 aromatic rings. The first-order valence-electron chi connectivity index (χ1n) is 11.6. The number of esters is 1. The average Bonchev–Trinajstić information content (AvgIpc) is 3.32. The molecule has 37 heavy (non-hydrogen) atoms. The van der Waals surface area contributed by atoms with E-state index in [4.69, 9.17) is 4.74 Å². The number of halogens is 1. The Morgan fingerprint density at radius 2 is 1.68 bits per heavy atom. The van der Waals surface area contributed by atoms with Crippen LogP contribution in [0.2, 0.25) is 0 Å². The number of hydrogen-bond acceptors (Lipinski definition) is 5. The maximum absolute atomic E-state index is 13.5. The smallest absolute Gasteiger partial charge is 0.339 e. The molecule has 8 heteroatoms. The molecule has 1 heterocycles. The van der Waals surface area contributed by atoms with Gasteiger partial charge in [-0.2, -0.15) is 0 Å². The highest BCUT2D eigenvalue weighted by Crippen LogP contribution is 2.22. The minimum atomic E-state index is -0.792. The van der Waals surface area contributed by atoms with E-state index >= 15 is 0 Å². The molecule has 3 aromatic carbocycles. The molecule has 0 aliphatic rings. The number of aryl methyl sites for hydroxylation is 3. The standard InChI is InChI=1S/C29H26FN3O4/c1-18-8-9-19(2)24(16-18)27(35)22-6-4-5-7-23(22)29(36)37-17-25(34)32-26(28-31-14-15-33(28)3)20-10-12-21(30)13-11-20/h4-16,26H,17H2,1-3H3,(H,32,34). The number of hydrogen-bond donors (Lipinski definition) is 1. The zero-order chi connectivity index (χ0) is 26.5. The van der Waals surface area contributed by atoms with Crippen LogP contribution in [0.4, 0.5) is 4.39 Å². The van der Waals surface area contributed by atoms with Gasteiger partial charge in [0.2, 0.25) is 0 Å². The van der Waals surface area contributed by atoms with E-state index in [0.717, 1.165) is 11.1 Å². The minimum absolute atomic E-state index is 0.0698. The van der Waals surface area contributed by atoms with Crippen LogP contribution in [0, 0.1) is 19.7 Å². The second-order valence-corrected chi connectivity index (χ2v) is 8.72. The van der Waals surface area contributed by atoms with Gasteiger partial charge in [0.05, 0.1) is 5.56 Å². The number of benzene rings is 3. The highest BCUT2D eigenvalue weighted by Gasteiger charge is 2.24. The second-order valence-electron chi connectivity index (χ2n) is 8.72. The summed E-state index contributed by atoms with van der Waals surface area (Å²) in [6.07, 6.45) is 3.31. The van der Waals surface area contributed by atoms with Gasteiger partial charge >= 0.3 is 5.97 Å². The Labute approximate surface area is 213 Å². The number of ketones is 1. The number of ether oxygens (including phenoxy) is 1. The lowest BCUT2D eigenvalue weighted by Crippen LogP contribution is -2.34. The Bertz CT molecular complexity index is 1460. The Kier molecular flexibility index (Phi) is 7.57. The molecule has 1 amide bonds. The average molecular weight is 500 g/mol. The van der Waals surface area contributed by atoms with E-state index in [2.05, 4.69) is 10.3 Å². The van der Waals surface area contributed by atoms with Crippen LogP contribution in [0.25, 0.3) is 0 Å². The lowest BCUT2D eigenvalue weighted by atomic mass is 9.94. The summed E-state index contributed by atoms with van der Waals surface area (Å²) in [7, 11) is 1.77. The van der Waals surface area contributed by atoms with Gasteiger partial charge in [-0.15, -0.1) is 0 Å². The molecular weight excluding hydrogens is 473 g/mol. The summed E-state index contributed by atoms with van der Waals surface area (Å²) in [6, 6.07) is 16.9. The lowest BCUT2D eigenvalue weighted by Gasteiger charge is -2.19. The van der Waals surface area contributed by atoms with Crippen LogP contribution in [0.3, 0.4) is 0 Å². The van der Waals surface area contributed by atoms with Crippen LogP contribution in [-0.2, 0) is 16.6 Å². The molecule has 188 valence electrons. The van der Waals surface area contributed by atoms with Crippen molar-refractivity contribution in [2.75, 3.05) is 6.61 Å². The van der Waals surface area contributed by atoms with Gasteiger partial charge in [-0.05, 0) is 49.2 Å². The molecule has 4 rings (SSSR count). The number of imidazole rings is 1. The van der Waals surface area contributed by atoms with E-state index in [1.807, 2.05) is 26.0 Å². The molecule has 0 saturated heterocycles. The molecule has 1 unspecified atom stereocenters. The molecular formula is C29H26FN3O4. The van der Waals surface area contributed by atoms with Crippen LogP contribution < -0.4 is 5.32 Å². The maximum atomic E-state index is 13.5. The Morgan fingerprint density at radius 1 is 0.973 bits per heavy atom. The number of carbonyl (C=O) groups is 3. The Hall–Kier alpha value is -4.59. The van der Waals surface area contributed by atoms with Crippen molar-refractivity contribution in [2.45, 2.75) is 19.9 Å². The fourth-order valence-corrected chi connectivity index (χ4v) is 4.00. The van der Waals surface area contributed by atoms with Gasteiger partial charge < -0.3 is 14.6 Å². The van der Waals surface area contributed by atoms with Crippen molar-refractivity contribution in [3.05, 3.63) is 124 Å². The highest BCUT2D eigenvalue weighted by molar-refractivity contribution is 6.15. The largest absolute Gasteiger partial charge is 0.452 e. The number of rotatable bonds is 8. The van der Waals surface area contributed by atoms with E-state index in [9.17, 15) is 18.8 Å². The fraction of sp³-hybridized carbons (Fsp3) is 0.172. The van der Waals surface area contributed by atoms with Crippen LogP contribution in [0.15, 0.2) is 79.1 Å². The Balaban J connectivity index is 1.50. The van der Waals surface area contributed by atoms with Gasteiger partial charge in [-0.1, -0.05) is 48.0 Å². The van der Waals surface area contributed by atoms with E-state index in [0.29, 0.717) is 17.0 Å². The number of nitrogens with one attached hydrogen (secondary N) is 1. The van der Waals surface area contributed by atoms with Crippen LogP contribution >= 0.6 is 0 Å². The molecule has 0 aliphatic heterocycles. The van der Waals surface area contributed by atoms with Gasteiger partial charge in [0.25, 0.3) is 5.91 Å². The molecule has 1 aromatic heterocycles. The van der Waals surface area contributed by atoms with Crippen LogP contribution in [-0.4, -0.2) is 33.8 Å². The highest BCUT2D eigenvalue weighted by atomic mass is 19.1. The zero-order valence-corrected chi connectivity index (χ0v) is 20.7. The van der Waals surface area contributed by atoms with Crippen LogP contribution in [0.5, 0.6) is 0 Å². The molecule has 7 nitrogen and oxygen atoms in total. The molecule has 0 bridgehead atoms. The van der Waals surface area contributed by atoms with Crippen molar-refractivity contribution < 1.29 is 23.5 Å². The monoisotopic (exact) mass is 499 g/mol. The number of aromatic nitrogens is 2. The minimum Gasteiger partial charge on any atom is -0.452 e. The number of carbonyl (C=O) groups excluding carboxylic acids is 3. The van der Waals surface area contributed by atoms with Crippen molar-refractivity contribution in [3.63, 3.8) is 0 Å². The zero-order valence-electron chi connectivity index (χ0n) is 20.7. The van der Waals surface area contributed by atoms with Gasteiger partial charge in [-0.3, -0.25) is 9.59 Å². The van der Waals surface area contributed by atoms with E-state index in [-0.39, 0.29) is 16.9 Å². The summed E-state index contributed by atoms with van der Waals surface area (Å²) >= 11 is 0. The van der Waals surface area contributed by atoms with E-state index in [1.54, 1.807) is 60.4 Å². The Morgan fingerprint density at radius 3 is 2.35 bits per heavy atom. The molecule has 0 aliphatic carbocycles. The predicted octanol–water partition coefficient (Wildman–Crippen LogP) is 4.47. The normalized spacial score (nSPS) is 11.6. The third kappa shape index (κ3) is 5.81. The van der Waals surface area contributed by atoms with Crippen molar-refractivity contribution >= 4 is 17.7 Å². The summed E-state index contributed by atoms with van der Waals surface area (Å²) < 4.78 is 20.5. The first-order valence-corrected chi connectivity index (χ1v) is 11.6. The van der Waals surface area contributed by atoms with Crippen molar-refractivity contribution in [2.24, 2.45) is 7.05 Å². The van der Waals surface area contributed by atoms with E-state index in [1.165, 1.54) is 18.2 Å². The van der Waals surface area contributed by atoms with Crippen molar-refractivity contribution in [1.29, 1.82) is 0 Å². The van der Waals surface area contributed by atoms with Gasteiger partial charge in [0.15, 0.2) is 12.4 Å². The molecule has 0 radical (unpaired) electrons. The second kappa shape index (κ2) is 11.0. The summed E-state index contributed by atoms with van der Waals surface area (Å²) in [6.45, 7) is 3.14. The SMILES string of the molecule is Cc1ccc(C)c(C(=O)c2ccccc2C(=O)OCC(=O)NC(c2ccc(F)cc2)c2nccn2C)c1. The first kappa shape index (κ1) is 25.5. The van der Waals surface area contributed by atoms with Crippen LogP contribution in [0.1, 0.15) is 54.8 Å². The summed E-state index contributed by atoms with van der Waals surface area (Å²) in [5.41, 5.74) is 3.09. The molecule has 0 fully saturated rings. The number of amides is 1. The predicted molar refractivity (Wildman–Crippen MR) is 136 cm³/mol. The maximum Gasteiger partial charge on any atom is 0.339 e. The quantitative estimate of drug-likeness (QED) is 0.285. The van der Waals surface area contributed by atoms with Gasteiger partial charge in [0.1, 0.15) is 17.7 Å². The van der Waals surface area contributed by atoms with Crippen molar-refractivity contribution in [3.8, 4) is 0 Å². The van der Waals surface area contributed by atoms with Gasteiger partial charge in [-0.25, -0.2) is 14.2 Å². The van der Waals surface area contributed by atoms with E-state index < -0.39 is 30.3 Å². The summed E-state index contributed by atoms with van der Waals surface area (Å²) in [5.74, 6) is -1.56. The first-order chi connectivity index (χ1) is 17.7. The van der Waals surface area contributed by atoms with Crippen molar-refractivity contribution in [1.82, 2.24) is 14.9 Å². The molecule has 0 saturated carbocycles. The third-order valence-electron chi connectivity index (χ3n) is 5.99. The summed E-state index contributed by atoms with van der Waals surface area (Å²) in [5, 5.41) is 2.79. The molecule has 0 spiro atoms. The summed E-state index contributed by atoms with van der Waals surface area (Å²) in [4.78, 5) is 43.3. The fourth-order valence-electron chi connectivity index (χ4n) is 4.00. The lowest BCUT2D eigenvalue weighted by molar-refractivity contribution is -0.124. The molecule has 1 N–H and O–H groups in total. The topological polar surface area (TPSA) is 90.3 Å². The molecule has 1 atom stereocenters. The third-order valence-corrected chi connectivity index (χ3v) is 5.99.